The van der Waals surface area contributed by atoms with E-state index in [0.717, 1.165) is 4.47 Å². The average Bonchev–Trinajstić information content (AvgIpc) is 3.14. The molecule has 0 radical (unpaired) electrons. The van der Waals surface area contributed by atoms with Gasteiger partial charge in [0.25, 0.3) is 0 Å². The van der Waals surface area contributed by atoms with Gasteiger partial charge in [-0.15, -0.1) is 0 Å². The van der Waals surface area contributed by atoms with Gasteiger partial charge in [-0.1, -0.05) is 22.0 Å². The molecule has 26 heavy (non-hydrogen) atoms. The molecule has 1 aromatic carbocycles. The van der Waals surface area contributed by atoms with E-state index in [-0.39, 0.29) is 17.3 Å². The van der Waals surface area contributed by atoms with Gasteiger partial charge in [0.1, 0.15) is 5.76 Å². The van der Waals surface area contributed by atoms with Gasteiger partial charge in [0.05, 0.1) is 24.2 Å². The summed E-state index contributed by atoms with van der Waals surface area (Å²) < 4.78 is 32.8. The van der Waals surface area contributed by atoms with Gasteiger partial charge in [0.15, 0.2) is 0 Å². The fourth-order valence-corrected chi connectivity index (χ4v) is 4.78. The summed E-state index contributed by atoms with van der Waals surface area (Å²) in [6.07, 6.45) is 1.56. The van der Waals surface area contributed by atoms with Gasteiger partial charge >= 0.3 is 0 Å². The molecule has 1 amide bonds. The zero-order valence-electron chi connectivity index (χ0n) is 14.1. The molecule has 3 rings (SSSR count). The normalized spacial score (nSPS) is 16.5. The van der Waals surface area contributed by atoms with Crippen molar-refractivity contribution < 1.29 is 17.6 Å². The van der Waals surface area contributed by atoms with E-state index in [9.17, 15) is 13.2 Å². The SMILES string of the molecule is O=C(CN1CCN(S(=O)(=O)c2cccc(Br)c2)CC1)NCc1ccco1. The predicted octanol–water partition coefficient (Wildman–Crippen LogP) is 1.66. The summed E-state index contributed by atoms with van der Waals surface area (Å²) in [6.45, 7) is 2.35. The van der Waals surface area contributed by atoms with Crippen LogP contribution in [0.4, 0.5) is 0 Å². The molecule has 0 spiro atoms. The van der Waals surface area contributed by atoms with Crippen LogP contribution in [0.15, 0.2) is 56.4 Å². The zero-order chi connectivity index (χ0) is 18.6. The largest absolute Gasteiger partial charge is 0.467 e. The summed E-state index contributed by atoms with van der Waals surface area (Å²) in [7, 11) is -3.51. The Bertz CT molecular complexity index is 847. The van der Waals surface area contributed by atoms with E-state index >= 15 is 0 Å². The number of carbonyl (C=O) groups excluding carboxylic acids is 1. The van der Waals surface area contributed by atoms with Crippen molar-refractivity contribution in [3.05, 3.63) is 52.9 Å². The average molecular weight is 442 g/mol. The van der Waals surface area contributed by atoms with E-state index in [1.165, 1.54) is 4.31 Å². The number of hydrogen-bond acceptors (Lipinski definition) is 5. The Hall–Kier alpha value is -1.68. The topological polar surface area (TPSA) is 82.9 Å². The van der Waals surface area contributed by atoms with Crippen LogP contribution in [0.5, 0.6) is 0 Å². The minimum atomic E-state index is -3.51. The third-order valence-corrected chi connectivity index (χ3v) is 6.56. The molecular weight excluding hydrogens is 422 g/mol. The molecule has 140 valence electrons. The maximum Gasteiger partial charge on any atom is 0.243 e. The molecule has 1 aromatic heterocycles. The van der Waals surface area contributed by atoms with Crippen LogP contribution in [0, 0.1) is 0 Å². The van der Waals surface area contributed by atoms with E-state index in [1.54, 1.807) is 42.7 Å². The summed E-state index contributed by atoms with van der Waals surface area (Å²) in [5.74, 6) is 0.591. The van der Waals surface area contributed by atoms with Gasteiger partial charge in [-0.2, -0.15) is 4.31 Å². The molecule has 7 nitrogen and oxygen atoms in total. The molecule has 2 aromatic rings. The van der Waals surface area contributed by atoms with Gasteiger partial charge < -0.3 is 9.73 Å². The molecule has 1 N–H and O–H groups in total. The lowest BCUT2D eigenvalue weighted by atomic mass is 10.3. The van der Waals surface area contributed by atoms with E-state index in [2.05, 4.69) is 21.2 Å². The summed E-state index contributed by atoms with van der Waals surface area (Å²) in [6, 6.07) is 10.3. The van der Waals surface area contributed by atoms with E-state index in [0.29, 0.717) is 38.5 Å². The van der Waals surface area contributed by atoms with Crippen molar-refractivity contribution in [2.45, 2.75) is 11.4 Å². The number of sulfonamides is 1. The van der Waals surface area contributed by atoms with Crippen molar-refractivity contribution in [2.24, 2.45) is 0 Å². The molecule has 0 saturated carbocycles. The monoisotopic (exact) mass is 441 g/mol. The molecule has 1 aliphatic rings. The molecule has 0 bridgehead atoms. The van der Waals surface area contributed by atoms with Crippen molar-refractivity contribution in [1.82, 2.24) is 14.5 Å². The van der Waals surface area contributed by atoms with E-state index in [1.807, 2.05) is 4.90 Å². The number of furan rings is 1. The lowest BCUT2D eigenvalue weighted by Gasteiger charge is -2.33. The number of rotatable bonds is 6. The number of piperazine rings is 1. The molecular formula is C17H20BrN3O4S. The molecule has 0 atom stereocenters. The highest BCUT2D eigenvalue weighted by molar-refractivity contribution is 9.10. The fourth-order valence-electron chi connectivity index (χ4n) is 2.76. The second kappa shape index (κ2) is 8.34. The molecule has 2 heterocycles. The van der Waals surface area contributed by atoms with Gasteiger partial charge in [-0.25, -0.2) is 8.42 Å². The van der Waals surface area contributed by atoms with Crippen molar-refractivity contribution >= 4 is 31.9 Å². The van der Waals surface area contributed by atoms with Crippen molar-refractivity contribution in [3.63, 3.8) is 0 Å². The van der Waals surface area contributed by atoms with E-state index < -0.39 is 10.0 Å². The molecule has 0 aliphatic carbocycles. The quantitative estimate of drug-likeness (QED) is 0.736. The Morgan fingerprint density at radius 1 is 1.15 bits per heavy atom. The zero-order valence-corrected chi connectivity index (χ0v) is 16.5. The molecule has 1 fully saturated rings. The minimum absolute atomic E-state index is 0.107. The van der Waals surface area contributed by atoms with Gasteiger partial charge in [-0.3, -0.25) is 9.69 Å². The van der Waals surface area contributed by atoms with E-state index in [4.69, 9.17) is 4.42 Å². The fraction of sp³-hybridized carbons (Fsp3) is 0.353. The van der Waals surface area contributed by atoms with Gasteiger partial charge in [0.2, 0.25) is 15.9 Å². The summed E-state index contributed by atoms with van der Waals surface area (Å²) in [4.78, 5) is 14.2. The van der Waals surface area contributed by atoms with Gasteiger partial charge in [-0.05, 0) is 30.3 Å². The Morgan fingerprint density at radius 3 is 2.58 bits per heavy atom. The third-order valence-electron chi connectivity index (χ3n) is 4.17. The second-order valence-electron chi connectivity index (χ2n) is 5.99. The Morgan fingerprint density at radius 2 is 1.92 bits per heavy atom. The number of carbonyl (C=O) groups is 1. The maximum atomic E-state index is 12.7. The summed E-state index contributed by atoms with van der Waals surface area (Å²) >= 11 is 3.30. The Balaban J connectivity index is 1.50. The van der Waals surface area contributed by atoms with Crippen LogP contribution in [0.25, 0.3) is 0 Å². The predicted molar refractivity (Wildman–Crippen MR) is 99.9 cm³/mol. The molecule has 9 heteroatoms. The number of halogens is 1. The lowest BCUT2D eigenvalue weighted by Crippen LogP contribution is -2.50. The standard InChI is InChI=1S/C17H20BrN3O4S/c18-14-3-1-5-16(11-14)26(23,24)21-8-6-20(7-9-21)13-17(22)19-12-15-4-2-10-25-15/h1-5,10-11H,6-9,12-13H2,(H,19,22). The first-order valence-corrected chi connectivity index (χ1v) is 10.5. The first-order valence-electron chi connectivity index (χ1n) is 8.22. The van der Waals surface area contributed by atoms with Crippen LogP contribution < -0.4 is 5.32 Å². The van der Waals surface area contributed by atoms with Crippen molar-refractivity contribution in [3.8, 4) is 0 Å². The first-order chi connectivity index (χ1) is 12.4. The second-order valence-corrected chi connectivity index (χ2v) is 8.85. The number of amides is 1. The highest BCUT2D eigenvalue weighted by Gasteiger charge is 2.29. The minimum Gasteiger partial charge on any atom is -0.467 e. The Kier molecular flexibility index (Phi) is 6.13. The smallest absolute Gasteiger partial charge is 0.243 e. The maximum absolute atomic E-state index is 12.7. The number of hydrogen-bond donors (Lipinski definition) is 1. The van der Waals surface area contributed by atoms with Crippen LogP contribution in [-0.2, 0) is 21.4 Å². The number of benzene rings is 1. The number of nitrogens with one attached hydrogen (secondary N) is 1. The third kappa shape index (κ3) is 4.73. The van der Waals surface area contributed by atoms with Crippen LogP contribution in [0.1, 0.15) is 5.76 Å². The van der Waals surface area contributed by atoms with Crippen LogP contribution in [-0.4, -0.2) is 56.3 Å². The van der Waals surface area contributed by atoms with Crippen LogP contribution >= 0.6 is 15.9 Å². The summed E-state index contributed by atoms with van der Waals surface area (Å²) in [5, 5.41) is 2.79. The number of nitrogens with zero attached hydrogens (tertiary/aromatic N) is 2. The molecule has 1 saturated heterocycles. The van der Waals surface area contributed by atoms with Gasteiger partial charge in [0, 0.05) is 30.7 Å². The van der Waals surface area contributed by atoms with Crippen LogP contribution in [0.3, 0.4) is 0 Å². The lowest BCUT2D eigenvalue weighted by molar-refractivity contribution is -0.122. The molecule has 1 aliphatic heterocycles. The van der Waals surface area contributed by atoms with Crippen molar-refractivity contribution in [2.75, 3.05) is 32.7 Å². The van der Waals surface area contributed by atoms with Crippen LogP contribution in [0.2, 0.25) is 0 Å². The van der Waals surface area contributed by atoms with Crippen molar-refractivity contribution in [1.29, 1.82) is 0 Å². The summed E-state index contributed by atoms with van der Waals surface area (Å²) in [5.41, 5.74) is 0. The Labute approximate surface area is 161 Å². The highest BCUT2D eigenvalue weighted by Crippen LogP contribution is 2.21. The highest BCUT2D eigenvalue weighted by atomic mass is 79.9. The molecule has 0 unspecified atom stereocenters. The first kappa shape index (κ1) is 19.1.